The van der Waals surface area contributed by atoms with Gasteiger partial charge in [-0.15, -0.1) is 0 Å². The molecule has 0 spiro atoms. The van der Waals surface area contributed by atoms with Gasteiger partial charge in [0.2, 0.25) is 0 Å². The fourth-order valence-corrected chi connectivity index (χ4v) is 3.75. The minimum Gasteiger partial charge on any atom is -0.496 e. The van der Waals surface area contributed by atoms with Crippen molar-refractivity contribution in [3.05, 3.63) is 82.1 Å². The van der Waals surface area contributed by atoms with E-state index in [1.807, 2.05) is 6.92 Å². The number of hydrogen-bond donors (Lipinski definition) is 3. The molecule has 0 radical (unpaired) electrons. The number of rotatable bonds is 6. The molecule has 0 unspecified atom stereocenters. The van der Waals surface area contributed by atoms with Gasteiger partial charge < -0.3 is 15.4 Å². The van der Waals surface area contributed by atoms with Crippen LogP contribution in [0.1, 0.15) is 21.5 Å². The maximum atomic E-state index is 13.8. The first-order valence-corrected chi connectivity index (χ1v) is 10.7. The summed E-state index contributed by atoms with van der Waals surface area (Å²) in [6.45, 7) is 3.64. The third-order valence-electron chi connectivity index (χ3n) is 4.55. The Morgan fingerprint density at radius 1 is 1.00 bits per heavy atom. The Morgan fingerprint density at radius 2 is 1.75 bits per heavy atom. The molecule has 0 atom stereocenters. The van der Waals surface area contributed by atoms with Crippen LogP contribution < -0.4 is 20.1 Å². The molecule has 166 valence electrons. The highest BCUT2D eigenvalue weighted by molar-refractivity contribution is 7.98. The van der Waals surface area contributed by atoms with Crippen molar-refractivity contribution < 1.29 is 18.7 Å². The van der Waals surface area contributed by atoms with Crippen molar-refractivity contribution in [2.75, 3.05) is 17.7 Å². The van der Waals surface area contributed by atoms with Crippen molar-refractivity contribution in [3.63, 3.8) is 0 Å². The van der Waals surface area contributed by atoms with Crippen LogP contribution in [0.5, 0.6) is 5.75 Å². The minimum atomic E-state index is -0.596. The molecule has 0 bridgehead atoms. The largest absolute Gasteiger partial charge is 0.496 e. The van der Waals surface area contributed by atoms with E-state index in [0.717, 1.165) is 17.5 Å². The second kappa shape index (κ2) is 10.4. The van der Waals surface area contributed by atoms with Gasteiger partial charge in [0.25, 0.3) is 5.91 Å². The summed E-state index contributed by atoms with van der Waals surface area (Å²) in [4.78, 5) is 25.3. The average Bonchev–Trinajstić information content (AvgIpc) is 2.76. The summed E-state index contributed by atoms with van der Waals surface area (Å²) in [5.74, 6) is -0.545. The normalized spacial score (nSPS) is 10.4. The Labute approximate surface area is 194 Å². The molecule has 3 aromatic rings. The van der Waals surface area contributed by atoms with E-state index in [-0.39, 0.29) is 5.56 Å². The standard InChI is InChI=1S/C23H21ClFN3O3S/c1-13-11-20(31-3)21(12-17(13)24)32-28-23(30)26-15-8-9-19(14(2)10-15)27-22(29)16-6-4-5-7-18(16)25/h4-12H,1-3H3,(H,27,29)(H2,26,28,30). The highest BCUT2D eigenvalue weighted by atomic mass is 35.5. The predicted octanol–water partition coefficient (Wildman–Crippen LogP) is 6.19. The summed E-state index contributed by atoms with van der Waals surface area (Å²) >= 11 is 7.23. The molecule has 9 heteroatoms. The number of hydrogen-bond acceptors (Lipinski definition) is 4. The van der Waals surface area contributed by atoms with Crippen molar-refractivity contribution in [1.29, 1.82) is 0 Å². The SMILES string of the molecule is COc1cc(C)c(Cl)cc1SNC(=O)Nc1ccc(NC(=O)c2ccccc2F)c(C)c1. The summed E-state index contributed by atoms with van der Waals surface area (Å²) in [5.41, 5.74) is 2.57. The van der Waals surface area contributed by atoms with Gasteiger partial charge >= 0.3 is 6.03 Å². The van der Waals surface area contributed by atoms with Gasteiger partial charge in [-0.05, 0) is 79.4 Å². The minimum absolute atomic E-state index is 0.0443. The third-order valence-corrected chi connectivity index (χ3v) is 5.78. The Bertz CT molecular complexity index is 1170. The molecule has 3 amide bonds. The van der Waals surface area contributed by atoms with Crippen LogP contribution in [0.25, 0.3) is 0 Å². The zero-order valence-corrected chi connectivity index (χ0v) is 19.2. The van der Waals surface area contributed by atoms with E-state index in [0.29, 0.717) is 32.6 Å². The van der Waals surface area contributed by atoms with Crippen LogP contribution in [-0.2, 0) is 0 Å². The van der Waals surface area contributed by atoms with Gasteiger partial charge in [0.05, 0.1) is 17.6 Å². The zero-order chi connectivity index (χ0) is 23.3. The van der Waals surface area contributed by atoms with Crippen molar-refractivity contribution in [2.24, 2.45) is 0 Å². The number of halogens is 2. The highest BCUT2D eigenvalue weighted by Crippen LogP contribution is 2.32. The van der Waals surface area contributed by atoms with E-state index in [4.69, 9.17) is 16.3 Å². The molecule has 0 aliphatic heterocycles. The van der Waals surface area contributed by atoms with Gasteiger partial charge in [0.1, 0.15) is 11.6 Å². The topological polar surface area (TPSA) is 79.5 Å². The van der Waals surface area contributed by atoms with Gasteiger partial charge in [-0.3, -0.25) is 9.52 Å². The van der Waals surface area contributed by atoms with Gasteiger partial charge in [0.15, 0.2) is 0 Å². The second-order valence-electron chi connectivity index (χ2n) is 6.87. The van der Waals surface area contributed by atoms with Gasteiger partial charge in [0, 0.05) is 16.4 Å². The number of urea groups is 1. The second-order valence-corrected chi connectivity index (χ2v) is 8.13. The van der Waals surface area contributed by atoms with Crippen LogP contribution in [0.2, 0.25) is 5.02 Å². The fraction of sp³-hybridized carbons (Fsp3) is 0.130. The molecule has 0 heterocycles. The molecule has 3 N–H and O–H groups in total. The molecule has 6 nitrogen and oxygen atoms in total. The smallest absolute Gasteiger partial charge is 0.329 e. The Hall–Kier alpha value is -3.23. The monoisotopic (exact) mass is 473 g/mol. The number of carbonyl (C=O) groups excluding carboxylic acids is 2. The number of anilines is 2. The number of carbonyl (C=O) groups is 2. The van der Waals surface area contributed by atoms with Crippen molar-refractivity contribution in [2.45, 2.75) is 18.7 Å². The first-order chi connectivity index (χ1) is 15.3. The molecule has 0 fully saturated rings. The average molecular weight is 474 g/mol. The summed E-state index contributed by atoms with van der Waals surface area (Å²) < 4.78 is 21.8. The number of benzene rings is 3. The predicted molar refractivity (Wildman–Crippen MR) is 126 cm³/mol. The number of nitrogens with one attached hydrogen (secondary N) is 3. The van der Waals surface area contributed by atoms with Crippen molar-refractivity contribution >= 4 is 46.9 Å². The van der Waals surface area contributed by atoms with Gasteiger partial charge in [-0.1, -0.05) is 23.7 Å². The zero-order valence-electron chi connectivity index (χ0n) is 17.6. The summed E-state index contributed by atoms with van der Waals surface area (Å²) in [6, 6.07) is 13.8. The van der Waals surface area contributed by atoms with Crippen molar-refractivity contribution in [1.82, 2.24) is 4.72 Å². The maximum Gasteiger partial charge on any atom is 0.329 e. The molecule has 0 aliphatic rings. The van der Waals surface area contributed by atoms with E-state index in [2.05, 4.69) is 15.4 Å². The molecule has 32 heavy (non-hydrogen) atoms. The quantitative estimate of drug-likeness (QED) is 0.373. The lowest BCUT2D eigenvalue weighted by Crippen LogP contribution is -2.23. The lowest BCUT2D eigenvalue weighted by molar-refractivity contribution is 0.102. The molecule has 0 saturated heterocycles. The molecule has 3 aromatic carbocycles. The summed E-state index contributed by atoms with van der Waals surface area (Å²) in [6.07, 6.45) is 0. The third kappa shape index (κ3) is 5.72. The first-order valence-electron chi connectivity index (χ1n) is 9.53. The molecule has 0 aromatic heterocycles. The molecular formula is C23H21ClFN3O3S. The molecule has 3 rings (SSSR count). The fourth-order valence-electron chi connectivity index (χ4n) is 2.85. The number of ether oxygens (including phenoxy) is 1. The first kappa shape index (κ1) is 23.4. The van der Waals surface area contributed by atoms with Crippen LogP contribution in [0.15, 0.2) is 59.5 Å². The molecular weight excluding hydrogens is 453 g/mol. The van der Waals surface area contributed by atoms with Crippen LogP contribution in [0.4, 0.5) is 20.6 Å². The summed E-state index contributed by atoms with van der Waals surface area (Å²) in [5, 5.41) is 5.97. The van der Waals surface area contributed by atoms with Gasteiger partial charge in [-0.2, -0.15) is 0 Å². The lowest BCUT2D eigenvalue weighted by Gasteiger charge is -2.13. The molecule has 0 saturated carbocycles. The van der Waals surface area contributed by atoms with E-state index in [1.54, 1.807) is 50.4 Å². The Balaban J connectivity index is 1.62. The van der Waals surface area contributed by atoms with Crippen LogP contribution >= 0.6 is 23.5 Å². The number of aryl methyl sites for hydroxylation is 2. The van der Waals surface area contributed by atoms with E-state index in [1.165, 1.54) is 18.2 Å². The Morgan fingerprint density at radius 3 is 2.44 bits per heavy atom. The molecule has 0 aliphatic carbocycles. The lowest BCUT2D eigenvalue weighted by atomic mass is 10.1. The van der Waals surface area contributed by atoms with E-state index < -0.39 is 17.8 Å². The number of methoxy groups -OCH3 is 1. The van der Waals surface area contributed by atoms with E-state index >= 15 is 0 Å². The van der Waals surface area contributed by atoms with Crippen molar-refractivity contribution in [3.8, 4) is 5.75 Å². The number of amides is 3. The maximum absolute atomic E-state index is 13.8. The van der Waals surface area contributed by atoms with Crippen LogP contribution in [0, 0.1) is 19.7 Å². The van der Waals surface area contributed by atoms with Crippen LogP contribution in [-0.4, -0.2) is 19.0 Å². The van der Waals surface area contributed by atoms with Crippen LogP contribution in [0.3, 0.4) is 0 Å². The summed E-state index contributed by atoms with van der Waals surface area (Å²) in [7, 11) is 1.54. The van der Waals surface area contributed by atoms with Gasteiger partial charge in [-0.25, -0.2) is 9.18 Å². The Kier molecular flexibility index (Phi) is 7.61. The highest BCUT2D eigenvalue weighted by Gasteiger charge is 2.13. The van der Waals surface area contributed by atoms with E-state index in [9.17, 15) is 14.0 Å².